The number of benzene rings is 8. The van der Waals surface area contributed by atoms with Gasteiger partial charge in [-0.25, -0.2) is 0 Å². The van der Waals surface area contributed by atoms with Gasteiger partial charge < -0.3 is 9.80 Å². The first-order valence-corrected chi connectivity index (χ1v) is 21.5. The lowest BCUT2D eigenvalue weighted by molar-refractivity contribution is 0.455. The van der Waals surface area contributed by atoms with Crippen LogP contribution in [0.5, 0.6) is 0 Å². The molecule has 0 radical (unpaired) electrons. The topological polar surface area (TPSA) is 6.48 Å². The maximum atomic E-state index is 2.69. The van der Waals surface area contributed by atoms with E-state index in [2.05, 4.69) is 182 Å². The monoisotopic (exact) mass is 748 g/mol. The van der Waals surface area contributed by atoms with Crippen molar-refractivity contribution in [1.82, 2.24) is 0 Å². The van der Waals surface area contributed by atoms with Gasteiger partial charge in [-0.2, -0.15) is 0 Å². The minimum absolute atomic E-state index is 0.0399. The molecule has 58 heavy (non-hydrogen) atoms. The van der Waals surface area contributed by atoms with Gasteiger partial charge in [-0.05, 0) is 139 Å². The van der Waals surface area contributed by atoms with Crippen LogP contribution in [0.4, 0.5) is 17.1 Å². The fraction of sp³-hybridized carbons (Fsp3) is 0.214. The van der Waals surface area contributed by atoms with Gasteiger partial charge in [-0.15, -0.1) is 0 Å². The third kappa shape index (κ3) is 4.84. The van der Waals surface area contributed by atoms with Crippen molar-refractivity contribution in [3.63, 3.8) is 0 Å². The van der Waals surface area contributed by atoms with Crippen molar-refractivity contribution in [2.75, 3.05) is 22.9 Å². The van der Waals surface area contributed by atoms with Crippen molar-refractivity contribution >= 4 is 77.9 Å². The van der Waals surface area contributed by atoms with Gasteiger partial charge in [-0.3, -0.25) is 0 Å². The predicted molar refractivity (Wildman–Crippen MR) is 249 cm³/mol. The molecule has 0 aromatic heterocycles. The standard InChI is InChI=1S/C56H48N2/c1-55(2)48-34-36(23-26-41(48)42-30-31-56(3,35-49(42)55)58-33-11-15-39-13-5-7-21-51(39)58)22-24-37-25-27-45-44-18-9-19-47-52(57-32-10-14-38-12-4-6-20-50(38)57)29-28-46(54(44)47)43-17-8-16-40(37)53(43)45/h4-9,12-13,16-31,34H,10-11,14-15,32-33,35H2,1-3H3. The Morgan fingerprint density at radius 2 is 1.21 bits per heavy atom. The zero-order valence-corrected chi connectivity index (χ0v) is 33.8. The molecule has 0 saturated heterocycles. The number of aryl methyl sites for hydroxylation is 2. The van der Waals surface area contributed by atoms with E-state index in [1.54, 1.807) is 5.57 Å². The van der Waals surface area contributed by atoms with Gasteiger partial charge in [0.25, 0.3) is 0 Å². The summed E-state index contributed by atoms with van der Waals surface area (Å²) in [5.41, 5.74) is 15.3. The van der Waals surface area contributed by atoms with Crippen LogP contribution in [0.15, 0.2) is 145 Å². The van der Waals surface area contributed by atoms with Crippen molar-refractivity contribution in [3.05, 3.63) is 178 Å². The SMILES string of the molecule is CC1(C)C2=C(C=CC(C)(N3CCCc4ccccc43)C2)c2ccc(C=Cc3ccc4c5cccc6c(N7CCCc8ccccc87)ccc(c7cccc3c47)c65)cc21. The van der Waals surface area contributed by atoms with Gasteiger partial charge in [0, 0.05) is 41.0 Å². The number of hydrogen-bond acceptors (Lipinski definition) is 2. The van der Waals surface area contributed by atoms with E-state index >= 15 is 0 Å². The molecule has 2 heterocycles. The van der Waals surface area contributed by atoms with E-state index in [9.17, 15) is 0 Å². The van der Waals surface area contributed by atoms with Gasteiger partial charge in [0.1, 0.15) is 0 Å². The Morgan fingerprint density at radius 3 is 2.02 bits per heavy atom. The van der Waals surface area contributed by atoms with Crippen molar-refractivity contribution < 1.29 is 0 Å². The second kappa shape index (κ2) is 12.4. The first kappa shape index (κ1) is 34.0. The summed E-state index contributed by atoms with van der Waals surface area (Å²) >= 11 is 0. The predicted octanol–water partition coefficient (Wildman–Crippen LogP) is 14.2. The van der Waals surface area contributed by atoms with E-state index in [-0.39, 0.29) is 11.0 Å². The van der Waals surface area contributed by atoms with Crippen molar-refractivity contribution in [2.24, 2.45) is 0 Å². The quantitative estimate of drug-likeness (QED) is 0.100. The van der Waals surface area contributed by atoms with Crippen LogP contribution < -0.4 is 9.80 Å². The van der Waals surface area contributed by atoms with Gasteiger partial charge in [-0.1, -0.05) is 147 Å². The highest BCUT2D eigenvalue weighted by Crippen LogP contribution is 2.54. The summed E-state index contributed by atoms with van der Waals surface area (Å²) in [7, 11) is 0. The second-order valence-corrected chi connectivity index (χ2v) is 18.1. The fourth-order valence-corrected chi connectivity index (χ4v) is 11.6. The molecule has 0 spiro atoms. The second-order valence-electron chi connectivity index (χ2n) is 18.1. The van der Waals surface area contributed by atoms with Crippen LogP contribution >= 0.6 is 0 Å². The maximum absolute atomic E-state index is 2.69. The van der Waals surface area contributed by atoms with E-state index < -0.39 is 0 Å². The van der Waals surface area contributed by atoms with E-state index in [0.717, 1.165) is 25.9 Å². The Balaban J connectivity index is 0.897. The lowest BCUT2D eigenvalue weighted by Crippen LogP contribution is -2.49. The van der Waals surface area contributed by atoms with E-state index in [4.69, 9.17) is 0 Å². The Morgan fingerprint density at radius 1 is 0.552 bits per heavy atom. The van der Waals surface area contributed by atoms with Gasteiger partial charge in [0.05, 0.1) is 5.54 Å². The van der Waals surface area contributed by atoms with Crippen molar-refractivity contribution in [2.45, 2.75) is 63.8 Å². The van der Waals surface area contributed by atoms with Gasteiger partial charge in [0.2, 0.25) is 0 Å². The summed E-state index contributed by atoms with van der Waals surface area (Å²) in [6, 6.07) is 48.5. The summed E-state index contributed by atoms with van der Waals surface area (Å²) in [5, 5.41) is 10.7. The minimum Gasteiger partial charge on any atom is -0.362 e. The molecule has 1 atom stereocenters. The van der Waals surface area contributed by atoms with Gasteiger partial charge >= 0.3 is 0 Å². The molecule has 2 aliphatic heterocycles. The van der Waals surface area contributed by atoms with Crippen LogP contribution in [0, 0.1) is 0 Å². The number of allylic oxidation sites excluding steroid dienone is 2. The lowest BCUT2D eigenvalue weighted by Gasteiger charge is -2.47. The van der Waals surface area contributed by atoms with Crippen LogP contribution in [0.25, 0.3) is 60.8 Å². The van der Waals surface area contributed by atoms with Crippen LogP contribution in [-0.2, 0) is 18.3 Å². The molecule has 12 rings (SSSR count). The fourth-order valence-electron chi connectivity index (χ4n) is 11.6. The van der Waals surface area contributed by atoms with Crippen LogP contribution in [-0.4, -0.2) is 18.6 Å². The lowest BCUT2D eigenvalue weighted by atomic mass is 9.73. The molecule has 2 nitrogen and oxygen atoms in total. The number of hydrogen-bond donors (Lipinski definition) is 0. The third-order valence-corrected chi connectivity index (χ3v) is 14.5. The zero-order valence-electron chi connectivity index (χ0n) is 33.8. The molecule has 2 heteroatoms. The van der Waals surface area contributed by atoms with Gasteiger partial charge in [0.15, 0.2) is 0 Å². The maximum Gasteiger partial charge on any atom is 0.0597 e. The number of rotatable bonds is 4. The third-order valence-electron chi connectivity index (χ3n) is 14.5. The Bertz CT molecular complexity index is 3080. The Kier molecular flexibility index (Phi) is 7.29. The zero-order chi connectivity index (χ0) is 38.8. The minimum atomic E-state index is -0.0417. The van der Waals surface area contributed by atoms with Crippen molar-refractivity contribution in [1.29, 1.82) is 0 Å². The summed E-state index contributed by atoms with van der Waals surface area (Å²) in [4.78, 5) is 5.24. The summed E-state index contributed by atoms with van der Waals surface area (Å²) < 4.78 is 0. The van der Waals surface area contributed by atoms with Crippen LogP contribution in [0.2, 0.25) is 0 Å². The summed E-state index contributed by atoms with van der Waals surface area (Å²) in [6.07, 6.45) is 15.4. The molecule has 0 saturated carbocycles. The molecule has 2 aliphatic carbocycles. The molecule has 8 aromatic carbocycles. The summed E-state index contributed by atoms with van der Waals surface area (Å²) in [6.45, 7) is 9.50. The molecule has 1 unspecified atom stereocenters. The highest BCUT2D eigenvalue weighted by atomic mass is 15.2. The average molecular weight is 749 g/mol. The number of nitrogens with zero attached hydrogens (tertiary/aromatic N) is 2. The Labute approximate surface area is 341 Å². The molecule has 0 bridgehead atoms. The largest absolute Gasteiger partial charge is 0.362 e. The average Bonchev–Trinajstić information content (AvgIpc) is 3.48. The smallest absolute Gasteiger partial charge is 0.0597 e. The van der Waals surface area contributed by atoms with E-state index in [1.807, 2.05) is 0 Å². The highest BCUT2D eigenvalue weighted by molar-refractivity contribution is 6.34. The van der Waals surface area contributed by atoms with E-state index in [1.165, 1.54) is 118 Å². The molecular formula is C56H48N2. The molecule has 0 amide bonds. The molecular weight excluding hydrogens is 701 g/mol. The first-order chi connectivity index (χ1) is 28.4. The van der Waals surface area contributed by atoms with Crippen LogP contribution in [0.3, 0.4) is 0 Å². The van der Waals surface area contributed by atoms with Crippen LogP contribution in [0.1, 0.15) is 73.4 Å². The summed E-state index contributed by atoms with van der Waals surface area (Å²) in [5.74, 6) is 0. The normalized spacial score (nSPS) is 19.8. The molecule has 8 aromatic rings. The molecule has 0 fully saturated rings. The van der Waals surface area contributed by atoms with E-state index in [0.29, 0.717) is 0 Å². The number of fused-ring (bicyclic) bond motifs is 6. The molecule has 4 aliphatic rings. The highest BCUT2D eigenvalue weighted by Gasteiger charge is 2.44. The number of para-hydroxylation sites is 2. The first-order valence-electron chi connectivity index (χ1n) is 21.5. The molecule has 282 valence electrons. The number of anilines is 3. The van der Waals surface area contributed by atoms with Crippen molar-refractivity contribution in [3.8, 4) is 0 Å². The molecule has 0 N–H and O–H groups in total. The Hall–Kier alpha value is -6.12.